The number of benzene rings is 2. The van der Waals surface area contributed by atoms with Gasteiger partial charge in [0, 0.05) is 55.8 Å². The first-order valence-electron chi connectivity index (χ1n) is 14.4. The first kappa shape index (κ1) is 28.6. The number of fused-ring (bicyclic) bond motifs is 1. The molecule has 1 unspecified atom stereocenters. The van der Waals surface area contributed by atoms with E-state index in [4.69, 9.17) is 14.2 Å². The molecule has 2 aromatic rings. The summed E-state index contributed by atoms with van der Waals surface area (Å²) >= 11 is 0. The van der Waals surface area contributed by atoms with Crippen molar-refractivity contribution in [1.29, 1.82) is 0 Å². The lowest BCUT2D eigenvalue weighted by Gasteiger charge is -2.46. The minimum Gasteiger partial charge on any atom is -0.497 e. The number of carbonyl (C=O) groups is 2. The van der Waals surface area contributed by atoms with E-state index in [2.05, 4.69) is 32.2 Å². The van der Waals surface area contributed by atoms with Gasteiger partial charge in [-0.25, -0.2) is 0 Å². The van der Waals surface area contributed by atoms with Crippen molar-refractivity contribution in [2.45, 2.75) is 69.5 Å². The SMILES string of the molecule is COc1ccc([Si](C)(C)C(CC(=O)N2CCC[C@H]2CO)[C@H]2Oc3ccc(N4CCC4=O)cc3[C@@H](OC)[C@@H]2C)cc1. The van der Waals surface area contributed by atoms with Gasteiger partial charge in [-0.3, -0.25) is 9.59 Å². The average molecular weight is 567 g/mol. The molecule has 2 saturated heterocycles. The van der Waals surface area contributed by atoms with Crippen molar-refractivity contribution in [3.63, 3.8) is 0 Å². The lowest BCUT2D eigenvalue weighted by Crippen LogP contribution is -2.55. The number of likely N-dealkylation sites (tertiary alicyclic amines) is 1. The summed E-state index contributed by atoms with van der Waals surface area (Å²) in [4.78, 5) is 29.6. The molecule has 0 bridgehead atoms. The number of amides is 2. The van der Waals surface area contributed by atoms with Crippen LogP contribution >= 0.6 is 0 Å². The molecule has 0 radical (unpaired) electrons. The molecule has 8 nitrogen and oxygen atoms in total. The second-order valence-electron chi connectivity index (χ2n) is 11.9. The number of ether oxygens (including phenoxy) is 3. The predicted octanol–water partition coefficient (Wildman–Crippen LogP) is 3.88. The molecule has 0 spiro atoms. The lowest BCUT2D eigenvalue weighted by molar-refractivity contribution is -0.133. The normalized spacial score (nSPS) is 25.2. The maximum atomic E-state index is 13.8. The van der Waals surface area contributed by atoms with Crippen LogP contribution in [-0.4, -0.2) is 76.0 Å². The Bertz CT molecular complexity index is 1230. The van der Waals surface area contributed by atoms with Crippen LogP contribution in [-0.2, 0) is 14.3 Å². The van der Waals surface area contributed by atoms with Gasteiger partial charge in [0.15, 0.2) is 0 Å². The van der Waals surface area contributed by atoms with Gasteiger partial charge in [0.25, 0.3) is 0 Å². The van der Waals surface area contributed by atoms with E-state index < -0.39 is 8.07 Å². The predicted molar refractivity (Wildman–Crippen MR) is 157 cm³/mol. The fourth-order valence-electron chi connectivity index (χ4n) is 6.80. The molecule has 216 valence electrons. The monoisotopic (exact) mass is 566 g/mol. The van der Waals surface area contributed by atoms with Crippen LogP contribution in [0.15, 0.2) is 42.5 Å². The number of hydrogen-bond donors (Lipinski definition) is 1. The molecule has 3 aliphatic heterocycles. The molecule has 5 rings (SSSR count). The van der Waals surface area contributed by atoms with Crippen molar-refractivity contribution in [3.05, 3.63) is 48.0 Å². The van der Waals surface area contributed by atoms with Crippen LogP contribution in [0.3, 0.4) is 0 Å². The zero-order valence-corrected chi connectivity index (χ0v) is 25.3. The molecule has 40 heavy (non-hydrogen) atoms. The van der Waals surface area contributed by atoms with Crippen LogP contribution in [0.25, 0.3) is 0 Å². The summed E-state index contributed by atoms with van der Waals surface area (Å²) in [5.74, 6) is 1.73. The van der Waals surface area contributed by atoms with E-state index in [1.165, 1.54) is 5.19 Å². The second-order valence-corrected chi connectivity index (χ2v) is 16.7. The number of aliphatic hydroxyl groups excluding tert-OH is 1. The maximum absolute atomic E-state index is 13.8. The quantitative estimate of drug-likeness (QED) is 0.366. The number of β-lactam (4-membered cyclic amide) rings is 1. The Hall–Kier alpha value is -2.88. The highest BCUT2D eigenvalue weighted by molar-refractivity contribution is 6.91. The molecule has 0 aromatic heterocycles. The largest absolute Gasteiger partial charge is 0.497 e. The third kappa shape index (κ3) is 5.15. The van der Waals surface area contributed by atoms with E-state index in [0.29, 0.717) is 19.4 Å². The van der Waals surface area contributed by atoms with Gasteiger partial charge in [0.2, 0.25) is 11.8 Å². The first-order valence-corrected chi connectivity index (χ1v) is 17.5. The first-order chi connectivity index (χ1) is 19.2. The molecule has 3 aliphatic rings. The molecule has 5 atom stereocenters. The van der Waals surface area contributed by atoms with E-state index in [1.54, 1.807) is 19.1 Å². The summed E-state index contributed by atoms with van der Waals surface area (Å²) in [6.45, 7) is 8.17. The fourth-order valence-corrected chi connectivity index (χ4v) is 10.1. The average Bonchev–Trinajstić information content (AvgIpc) is 3.44. The van der Waals surface area contributed by atoms with E-state index >= 15 is 0 Å². The van der Waals surface area contributed by atoms with Gasteiger partial charge in [-0.15, -0.1) is 0 Å². The summed E-state index contributed by atoms with van der Waals surface area (Å²) in [5, 5.41) is 11.1. The topological polar surface area (TPSA) is 88.5 Å². The summed E-state index contributed by atoms with van der Waals surface area (Å²) in [6.07, 6.45) is 2.19. The number of methoxy groups -OCH3 is 2. The number of rotatable bonds is 9. The van der Waals surface area contributed by atoms with Crippen molar-refractivity contribution in [2.75, 3.05) is 38.8 Å². The summed E-state index contributed by atoms with van der Waals surface area (Å²) in [7, 11) is 1.06. The van der Waals surface area contributed by atoms with Crippen LogP contribution in [0.5, 0.6) is 11.5 Å². The Labute approximate surface area is 238 Å². The van der Waals surface area contributed by atoms with Gasteiger partial charge in [-0.1, -0.05) is 37.3 Å². The molecular formula is C31H42N2O6Si. The Morgan fingerprint density at radius 3 is 2.50 bits per heavy atom. The van der Waals surface area contributed by atoms with Gasteiger partial charge in [-0.2, -0.15) is 0 Å². The highest BCUT2D eigenvalue weighted by Crippen LogP contribution is 2.48. The van der Waals surface area contributed by atoms with Crippen molar-refractivity contribution >= 4 is 30.8 Å². The number of carbonyl (C=O) groups excluding carboxylic acids is 2. The third-order valence-corrected chi connectivity index (χ3v) is 13.6. The number of anilines is 1. The van der Waals surface area contributed by atoms with Crippen molar-refractivity contribution in [1.82, 2.24) is 4.90 Å². The van der Waals surface area contributed by atoms with Crippen LogP contribution < -0.4 is 19.6 Å². The zero-order valence-electron chi connectivity index (χ0n) is 24.3. The van der Waals surface area contributed by atoms with Gasteiger partial charge >= 0.3 is 0 Å². The molecule has 0 saturated carbocycles. The van der Waals surface area contributed by atoms with Crippen LogP contribution in [0.2, 0.25) is 18.6 Å². The van der Waals surface area contributed by atoms with Crippen molar-refractivity contribution < 1.29 is 28.9 Å². The number of hydrogen-bond acceptors (Lipinski definition) is 6. The molecule has 2 amide bonds. The van der Waals surface area contributed by atoms with E-state index in [0.717, 1.165) is 42.1 Å². The summed E-state index contributed by atoms with van der Waals surface area (Å²) in [6, 6.07) is 14.0. The van der Waals surface area contributed by atoms with Gasteiger partial charge in [-0.05, 0) is 43.2 Å². The molecule has 3 heterocycles. The van der Waals surface area contributed by atoms with Crippen LogP contribution in [0, 0.1) is 5.92 Å². The Kier molecular flexibility index (Phi) is 8.26. The zero-order chi connectivity index (χ0) is 28.6. The molecule has 2 aromatic carbocycles. The third-order valence-electron chi connectivity index (χ3n) is 9.43. The molecule has 9 heteroatoms. The van der Waals surface area contributed by atoms with Gasteiger partial charge < -0.3 is 29.1 Å². The second kappa shape index (κ2) is 11.5. The number of aliphatic hydroxyl groups is 1. The van der Waals surface area contributed by atoms with Crippen molar-refractivity contribution in [3.8, 4) is 11.5 Å². The number of nitrogens with zero attached hydrogens (tertiary/aromatic N) is 2. The molecule has 2 fully saturated rings. The fraction of sp³-hybridized carbons (Fsp3) is 0.548. The summed E-state index contributed by atoms with van der Waals surface area (Å²) < 4.78 is 18.3. The van der Waals surface area contributed by atoms with E-state index in [1.807, 2.05) is 35.2 Å². The van der Waals surface area contributed by atoms with Crippen LogP contribution in [0.4, 0.5) is 5.69 Å². The van der Waals surface area contributed by atoms with Gasteiger partial charge in [0.05, 0.1) is 33.9 Å². The highest BCUT2D eigenvalue weighted by Gasteiger charge is 2.49. The Morgan fingerprint density at radius 2 is 1.90 bits per heavy atom. The Morgan fingerprint density at radius 1 is 1.15 bits per heavy atom. The summed E-state index contributed by atoms with van der Waals surface area (Å²) in [5.41, 5.74) is 1.76. The Balaban J connectivity index is 1.51. The van der Waals surface area contributed by atoms with Crippen molar-refractivity contribution in [2.24, 2.45) is 5.92 Å². The minimum atomic E-state index is -2.32. The van der Waals surface area contributed by atoms with Crippen LogP contribution in [0.1, 0.15) is 44.3 Å². The van der Waals surface area contributed by atoms with Gasteiger partial charge in [0.1, 0.15) is 17.6 Å². The van der Waals surface area contributed by atoms with E-state index in [-0.39, 0.29) is 48.1 Å². The molecule has 1 N–H and O–H groups in total. The standard InChI is InChI=1S/C31H42N2O6Si/c1-20-30(38-3)25-17-21(33-16-14-28(33)35)8-13-26(25)39-31(20)27(18-29(36)32-15-6-7-22(32)19-34)40(4,5)24-11-9-23(37-2)10-12-24/h8-13,17,20,22,27,30-31,34H,6-7,14-16,18-19H2,1-5H3/t20-,22-,27?,30-,31-/m0/s1. The lowest BCUT2D eigenvalue weighted by atomic mass is 9.86. The maximum Gasteiger partial charge on any atom is 0.228 e. The molecular weight excluding hydrogens is 524 g/mol. The molecule has 0 aliphatic carbocycles. The highest BCUT2D eigenvalue weighted by atomic mass is 28.3. The smallest absolute Gasteiger partial charge is 0.228 e. The van der Waals surface area contributed by atoms with E-state index in [9.17, 15) is 14.7 Å². The minimum absolute atomic E-state index is 0.00693.